The number of aromatic nitrogens is 3. The van der Waals surface area contributed by atoms with Gasteiger partial charge in [-0.25, -0.2) is 15.0 Å². The molecule has 0 amide bonds. The van der Waals surface area contributed by atoms with Gasteiger partial charge >= 0.3 is 0 Å². The summed E-state index contributed by atoms with van der Waals surface area (Å²) in [6.45, 7) is 0. The SMILES string of the molecule is c1ccc(-c2nc(-c3ccc(-c4cc5ccccc5o4)cc3)nc(-c3ccccc3-c3ccc(-c4cc5ccc6cccc7c8cccc9ccc%10cccc(c(c4)c5c67)c%10c98)cc3)n2)cc1. The van der Waals surface area contributed by atoms with E-state index < -0.39 is 0 Å². The van der Waals surface area contributed by atoms with Gasteiger partial charge in [-0.1, -0.05) is 200 Å². The second kappa shape index (κ2) is 14.8. The van der Waals surface area contributed by atoms with Crippen LogP contribution in [0.4, 0.5) is 0 Å². The van der Waals surface area contributed by atoms with Gasteiger partial charge in [-0.3, -0.25) is 0 Å². The molecule has 0 fully saturated rings. The highest BCUT2D eigenvalue weighted by Gasteiger charge is 2.19. The van der Waals surface area contributed by atoms with Crippen molar-refractivity contribution in [1.29, 1.82) is 0 Å². The Morgan fingerprint density at radius 2 is 0.731 bits per heavy atom. The molecule has 2 heterocycles. The fourth-order valence-corrected chi connectivity index (χ4v) is 10.5. The summed E-state index contributed by atoms with van der Waals surface area (Å²) in [7, 11) is 0. The third-order valence-electron chi connectivity index (χ3n) is 13.6. The van der Waals surface area contributed by atoms with E-state index >= 15 is 0 Å². The molecular formula is C63H37N3O. The Kier molecular flexibility index (Phi) is 8.25. The van der Waals surface area contributed by atoms with E-state index in [0.29, 0.717) is 17.5 Å². The van der Waals surface area contributed by atoms with E-state index in [1.165, 1.54) is 70.2 Å². The van der Waals surface area contributed by atoms with E-state index in [2.05, 4.69) is 176 Å². The lowest BCUT2D eigenvalue weighted by Gasteiger charge is -2.17. The Labute approximate surface area is 385 Å². The molecule has 4 heteroatoms. The van der Waals surface area contributed by atoms with Crippen molar-refractivity contribution in [3.8, 4) is 67.7 Å². The molecule has 0 aliphatic heterocycles. The molecular weight excluding hydrogens is 815 g/mol. The molecule has 4 nitrogen and oxygen atoms in total. The first-order valence-corrected chi connectivity index (χ1v) is 22.7. The first-order chi connectivity index (χ1) is 33.2. The molecule has 0 aliphatic carbocycles. The summed E-state index contributed by atoms with van der Waals surface area (Å²) in [5.41, 5.74) is 9.07. The molecule has 0 unspecified atom stereocenters. The molecule has 0 saturated carbocycles. The molecule has 0 spiro atoms. The molecule has 0 saturated heterocycles. The largest absolute Gasteiger partial charge is 0.456 e. The Hall–Kier alpha value is -8.99. The number of fused-ring (bicyclic) bond motifs is 3. The minimum absolute atomic E-state index is 0.604. The smallest absolute Gasteiger partial charge is 0.164 e. The molecule has 14 rings (SSSR count). The topological polar surface area (TPSA) is 51.8 Å². The fraction of sp³-hybridized carbons (Fsp3) is 0. The Balaban J connectivity index is 0.893. The number of rotatable bonds is 6. The zero-order valence-electron chi connectivity index (χ0n) is 36.1. The van der Waals surface area contributed by atoms with E-state index in [1.807, 2.05) is 48.5 Å². The summed E-state index contributed by atoms with van der Waals surface area (Å²) in [5, 5.41) is 16.4. The molecule has 0 N–H and O–H groups in total. The molecule has 0 atom stereocenters. The summed E-state index contributed by atoms with van der Waals surface area (Å²) in [6, 6.07) is 80.2. The Bertz CT molecular complexity index is 4210. The van der Waals surface area contributed by atoms with Gasteiger partial charge < -0.3 is 4.42 Å². The predicted octanol–water partition coefficient (Wildman–Crippen LogP) is 17.0. The van der Waals surface area contributed by atoms with Gasteiger partial charge in [0.2, 0.25) is 0 Å². The number of hydrogen-bond acceptors (Lipinski definition) is 4. The first-order valence-electron chi connectivity index (χ1n) is 22.7. The lowest BCUT2D eigenvalue weighted by Crippen LogP contribution is -2.01. The maximum Gasteiger partial charge on any atom is 0.164 e. The van der Waals surface area contributed by atoms with Crippen LogP contribution in [-0.4, -0.2) is 15.0 Å². The standard InChI is InChI=1S/C63H37N3O/c1-2-11-44(12-3-1)61-64-62(45-32-27-40(28-33-45)56-37-46-13-4-7-22-55(46)67-56)66-63(65-61)53-18-6-5-17-49(53)39-25-23-38(24-26-39)48-35-47-34-31-43-15-9-20-51-50-19-8-14-41-29-30-42-16-10-21-52(59(42)57(41)50)54(36-48)60(47)58(43)51/h1-37H. The molecule has 0 bridgehead atoms. The quantitative estimate of drug-likeness (QED) is 0.156. The molecule has 14 aromatic rings. The van der Waals surface area contributed by atoms with Gasteiger partial charge in [-0.05, 0) is 111 Å². The third-order valence-corrected chi connectivity index (χ3v) is 13.6. The Morgan fingerprint density at radius 1 is 0.254 bits per heavy atom. The number of furan rings is 1. The molecule has 0 aliphatic rings. The zero-order valence-corrected chi connectivity index (χ0v) is 36.1. The minimum Gasteiger partial charge on any atom is -0.456 e. The maximum atomic E-state index is 6.18. The van der Waals surface area contributed by atoms with Crippen molar-refractivity contribution in [1.82, 2.24) is 15.0 Å². The van der Waals surface area contributed by atoms with E-state index in [1.54, 1.807) is 0 Å². The number of para-hydroxylation sites is 1. The molecule has 12 aromatic carbocycles. The van der Waals surface area contributed by atoms with Gasteiger partial charge in [0.1, 0.15) is 11.3 Å². The van der Waals surface area contributed by atoms with Crippen molar-refractivity contribution in [2.75, 3.05) is 0 Å². The van der Waals surface area contributed by atoms with Crippen molar-refractivity contribution in [2.45, 2.75) is 0 Å². The van der Waals surface area contributed by atoms with E-state index in [9.17, 15) is 0 Å². The van der Waals surface area contributed by atoms with Gasteiger partial charge in [0.15, 0.2) is 17.5 Å². The average molecular weight is 852 g/mol. The van der Waals surface area contributed by atoms with Crippen LogP contribution in [0.15, 0.2) is 229 Å². The Morgan fingerprint density at radius 3 is 1.39 bits per heavy atom. The van der Waals surface area contributed by atoms with Crippen molar-refractivity contribution in [3.05, 3.63) is 224 Å². The zero-order chi connectivity index (χ0) is 44.0. The fourth-order valence-electron chi connectivity index (χ4n) is 10.5. The second-order valence-corrected chi connectivity index (χ2v) is 17.5. The van der Waals surface area contributed by atoms with Gasteiger partial charge in [0.25, 0.3) is 0 Å². The summed E-state index contributed by atoms with van der Waals surface area (Å²) in [4.78, 5) is 15.4. The first kappa shape index (κ1) is 37.4. The molecule has 0 radical (unpaired) electrons. The van der Waals surface area contributed by atoms with Crippen LogP contribution in [0.3, 0.4) is 0 Å². The third kappa shape index (κ3) is 6.04. The summed E-state index contributed by atoms with van der Waals surface area (Å²) < 4.78 is 6.18. The lowest BCUT2D eigenvalue weighted by atomic mass is 9.86. The monoisotopic (exact) mass is 851 g/mol. The summed E-state index contributed by atoms with van der Waals surface area (Å²) >= 11 is 0. The lowest BCUT2D eigenvalue weighted by molar-refractivity contribution is 0.631. The van der Waals surface area contributed by atoms with Gasteiger partial charge in [-0.15, -0.1) is 0 Å². The predicted molar refractivity (Wildman–Crippen MR) is 278 cm³/mol. The average Bonchev–Trinajstić information content (AvgIpc) is 3.84. The van der Waals surface area contributed by atoms with E-state index in [-0.39, 0.29) is 0 Å². The van der Waals surface area contributed by atoms with E-state index in [4.69, 9.17) is 19.4 Å². The second-order valence-electron chi connectivity index (χ2n) is 17.5. The highest BCUT2D eigenvalue weighted by atomic mass is 16.3. The van der Waals surface area contributed by atoms with Crippen molar-refractivity contribution < 1.29 is 4.42 Å². The van der Waals surface area contributed by atoms with Crippen LogP contribution in [-0.2, 0) is 0 Å². The van der Waals surface area contributed by atoms with Crippen LogP contribution in [0.5, 0.6) is 0 Å². The highest BCUT2D eigenvalue weighted by Crippen LogP contribution is 2.45. The highest BCUT2D eigenvalue weighted by molar-refractivity contribution is 6.37. The molecule has 2 aromatic heterocycles. The van der Waals surface area contributed by atoms with Gasteiger partial charge in [0, 0.05) is 27.6 Å². The number of benzene rings is 11. The van der Waals surface area contributed by atoms with Crippen LogP contribution in [0.25, 0.3) is 143 Å². The number of hydrogen-bond donors (Lipinski definition) is 0. The number of nitrogens with zero attached hydrogens (tertiary/aromatic N) is 3. The van der Waals surface area contributed by atoms with Crippen molar-refractivity contribution in [3.63, 3.8) is 0 Å². The summed E-state index contributed by atoms with van der Waals surface area (Å²) in [6.07, 6.45) is 0. The molecule has 310 valence electrons. The summed E-state index contributed by atoms with van der Waals surface area (Å²) in [5.74, 6) is 2.66. The van der Waals surface area contributed by atoms with Gasteiger partial charge in [0.05, 0.1) is 0 Å². The van der Waals surface area contributed by atoms with E-state index in [0.717, 1.165) is 55.7 Å². The van der Waals surface area contributed by atoms with Crippen LogP contribution in [0, 0.1) is 0 Å². The van der Waals surface area contributed by atoms with Crippen LogP contribution in [0.1, 0.15) is 0 Å². The normalized spacial score (nSPS) is 11.9. The van der Waals surface area contributed by atoms with Crippen LogP contribution >= 0.6 is 0 Å². The minimum atomic E-state index is 0.604. The van der Waals surface area contributed by atoms with Crippen LogP contribution in [0.2, 0.25) is 0 Å². The van der Waals surface area contributed by atoms with Crippen LogP contribution < -0.4 is 0 Å². The van der Waals surface area contributed by atoms with Crippen molar-refractivity contribution in [2.24, 2.45) is 0 Å². The molecule has 67 heavy (non-hydrogen) atoms. The van der Waals surface area contributed by atoms with Crippen molar-refractivity contribution >= 4 is 75.6 Å². The maximum absolute atomic E-state index is 6.18. The van der Waals surface area contributed by atoms with Gasteiger partial charge in [-0.2, -0.15) is 0 Å².